The van der Waals surface area contributed by atoms with E-state index in [1.165, 1.54) is 0 Å². The molecule has 1 aromatic carbocycles. The second kappa shape index (κ2) is 4.81. The van der Waals surface area contributed by atoms with E-state index < -0.39 is 0 Å². The van der Waals surface area contributed by atoms with Crippen molar-refractivity contribution in [3.63, 3.8) is 0 Å². The maximum atomic E-state index is 11.0. The number of halogens is 2. The molecule has 0 aliphatic carbocycles. The molecule has 0 saturated heterocycles. The first-order valence-corrected chi connectivity index (χ1v) is 5.25. The molecule has 0 aliphatic rings. The van der Waals surface area contributed by atoms with Crippen LogP contribution in [0.15, 0.2) is 18.2 Å². The Bertz CT molecular complexity index is 305. The number of carbonyl (C=O) groups is 1. The summed E-state index contributed by atoms with van der Waals surface area (Å²) >= 11 is 7.92. The minimum absolute atomic E-state index is 0.272. The van der Waals surface area contributed by atoms with Gasteiger partial charge in [-0.15, -0.1) is 0 Å². The van der Waals surface area contributed by atoms with Gasteiger partial charge >= 0.3 is 5.97 Å². The van der Waals surface area contributed by atoms with Crippen LogP contribution in [0.4, 0.5) is 0 Å². The van der Waals surface area contributed by atoms with Gasteiger partial charge < -0.3 is 4.74 Å². The fourth-order valence-electron chi connectivity index (χ4n) is 0.766. The van der Waals surface area contributed by atoms with Gasteiger partial charge in [-0.3, -0.25) is 4.79 Å². The van der Waals surface area contributed by atoms with Crippen molar-refractivity contribution in [1.82, 2.24) is 0 Å². The Kier molecular flexibility index (Phi) is 3.99. The molecule has 0 radical (unpaired) electrons. The quantitative estimate of drug-likeness (QED) is 0.476. The molecule has 70 valence electrons. The summed E-state index contributed by atoms with van der Waals surface area (Å²) < 4.78 is 5.89. The van der Waals surface area contributed by atoms with Crippen molar-refractivity contribution in [1.29, 1.82) is 0 Å². The van der Waals surface area contributed by atoms with Crippen LogP contribution in [0.1, 0.15) is 13.3 Å². The van der Waals surface area contributed by atoms with Crippen LogP contribution in [0, 0.1) is 3.57 Å². The number of para-hydroxylation sites is 1. The largest absolute Gasteiger partial charge is 0.424 e. The Morgan fingerprint density at radius 2 is 2.31 bits per heavy atom. The molecule has 0 unspecified atom stereocenters. The highest BCUT2D eigenvalue weighted by molar-refractivity contribution is 14.1. The number of hydrogen-bond donors (Lipinski definition) is 0. The van der Waals surface area contributed by atoms with Crippen LogP contribution in [0.3, 0.4) is 0 Å². The molecule has 4 heteroatoms. The number of carbonyl (C=O) groups excluding carboxylic acids is 1. The number of ether oxygens (including phenoxy) is 1. The Hall–Kier alpha value is -0.290. The van der Waals surface area contributed by atoms with Crippen LogP contribution in [0.25, 0.3) is 0 Å². The first-order chi connectivity index (χ1) is 6.15. The van der Waals surface area contributed by atoms with Gasteiger partial charge in [-0.1, -0.05) is 24.6 Å². The molecule has 0 amide bonds. The SMILES string of the molecule is CCC(=O)Oc1c(Cl)cccc1I. The van der Waals surface area contributed by atoms with Crippen LogP contribution in [0.5, 0.6) is 5.75 Å². The fraction of sp³-hybridized carbons (Fsp3) is 0.222. The first kappa shape index (κ1) is 10.8. The van der Waals surface area contributed by atoms with Crippen molar-refractivity contribution >= 4 is 40.2 Å². The maximum Gasteiger partial charge on any atom is 0.310 e. The molecule has 0 spiro atoms. The Labute approximate surface area is 95.4 Å². The second-order valence-corrected chi connectivity index (χ2v) is 3.95. The third-order valence-electron chi connectivity index (χ3n) is 1.42. The Morgan fingerprint density at radius 3 is 2.85 bits per heavy atom. The summed E-state index contributed by atoms with van der Waals surface area (Å²) in [5.41, 5.74) is 0. The molecule has 13 heavy (non-hydrogen) atoms. The minimum atomic E-state index is -0.272. The summed E-state index contributed by atoms with van der Waals surface area (Å²) in [5.74, 6) is 0.183. The van der Waals surface area contributed by atoms with Crippen LogP contribution in [-0.4, -0.2) is 5.97 Å². The highest BCUT2D eigenvalue weighted by atomic mass is 127. The normalized spacial score (nSPS) is 9.77. The molecular formula is C9H8ClIO2. The average Bonchev–Trinajstić information content (AvgIpc) is 2.11. The van der Waals surface area contributed by atoms with E-state index in [1.807, 2.05) is 12.1 Å². The molecular weight excluding hydrogens is 302 g/mol. The topological polar surface area (TPSA) is 26.3 Å². The van der Waals surface area contributed by atoms with Gasteiger partial charge in [0, 0.05) is 6.42 Å². The van der Waals surface area contributed by atoms with Gasteiger partial charge in [0.2, 0.25) is 0 Å². The highest BCUT2D eigenvalue weighted by Crippen LogP contribution is 2.29. The number of rotatable bonds is 2. The van der Waals surface area contributed by atoms with Crippen LogP contribution < -0.4 is 4.74 Å². The molecule has 1 aromatic rings. The Balaban J connectivity index is 2.93. The van der Waals surface area contributed by atoms with Crippen LogP contribution in [0.2, 0.25) is 5.02 Å². The minimum Gasteiger partial charge on any atom is -0.424 e. The average molecular weight is 311 g/mol. The summed E-state index contributed by atoms with van der Waals surface area (Å²) in [6.07, 6.45) is 0.349. The van der Waals surface area contributed by atoms with E-state index in [2.05, 4.69) is 22.6 Å². The van der Waals surface area contributed by atoms with Gasteiger partial charge in [0.25, 0.3) is 0 Å². The fourth-order valence-corrected chi connectivity index (χ4v) is 1.75. The zero-order chi connectivity index (χ0) is 9.84. The highest BCUT2D eigenvalue weighted by Gasteiger charge is 2.09. The molecule has 0 aliphatic heterocycles. The molecule has 0 aromatic heterocycles. The summed E-state index contributed by atoms with van der Waals surface area (Å²) in [4.78, 5) is 11.0. The molecule has 0 bridgehead atoms. The van der Waals surface area contributed by atoms with Crippen molar-refractivity contribution in [2.75, 3.05) is 0 Å². The van der Waals surface area contributed by atoms with Crippen molar-refractivity contribution in [3.05, 3.63) is 26.8 Å². The van der Waals surface area contributed by atoms with E-state index in [9.17, 15) is 4.79 Å². The van der Waals surface area contributed by atoms with E-state index in [-0.39, 0.29) is 5.97 Å². The summed E-state index contributed by atoms with van der Waals surface area (Å²) in [6, 6.07) is 5.35. The van der Waals surface area contributed by atoms with Crippen molar-refractivity contribution in [2.45, 2.75) is 13.3 Å². The van der Waals surface area contributed by atoms with Crippen molar-refractivity contribution in [3.8, 4) is 5.75 Å². The van der Waals surface area contributed by atoms with E-state index >= 15 is 0 Å². The number of benzene rings is 1. The predicted octanol–water partition coefficient (Wildman–Crippen LogP) is 3.26. The van der Waals surface area contributed by atoms with Crippen LogP contribution >= 0.6 is 34.2 Å². The van der Waals surface area contributed by atoms with Gasteiger partial charge in [-0.25, -0.2) is 0 Å². The summed E-state index contributed by atoms with van der Waals surface area (Å²) in [7, 11) is 0. The summed E-state index contributed by atoms with van der Waals surface area (Å²) in [6.45, 7) is 1.74. The lowest BCUT2D eigenvalue weighted by Crippen LogP contribution is -2.06. The van der Waals surface area contributed by atoms with Gasteiger partial charge in [0.1, 0.15) is 0 Å². The van der Waals surface area contributed by atoms with Gasteiger partial charge in [0.15, 0.2) is 5.75 Å². The molecule has 2 nitrogen and oxygen atoms in total. The molecule has 0 atom stereocenters. The molecule has 0 saturated carbocycles. The molecule has 0 fully saturated rings. The smallest absolute Gasteiger partial charge is 0.310 e. The van der Waals surface area contributed by atoms with E-state index in [0.29, 0.717) is 17.2 Å². The molecule has 1 rings (SSSR count). The zero-order valence-electron chi connectivity index (χ0n) is 7.01. The molecule has 0 N–H and O–H groups in total. The monoisotopic (exact) mass is 310 g/mol. The third kappa shape index (κ3) is 2.84. The van der Waals surface area contributed by atoms with Gasteiger partial charge in [-0.2, -0.15) is 0 Å². The first-order valence-electron chi connectivity index (χ1n) is 3.80. The lowest BCUT2D eigenvalue weighted by atomic mass is 10.3. The van der Waals surface area contributed by atoms with Crippen LogP contribution in [-0.2, 0) is 4.79 Å². The lowest BCUT2D eigenvalue weighted by Gasteiger charge is -2.06. The molecule has 0 heterocycles. The van der Waals surface area contributed by atoms with Crippen molar-refractivity contribution < 1.29 is 9.53 Å². The van der Waals surface area contributed by atoms with E-state index in [1.54, 1.807) is 13.0 Å². The van der Waals surface area contributed by atoms with Gasteiger partial charge in [-0.05, 0) is 34.7 Å². The summed E-state index contributed by atoms with van der Waals surface area (Å²) in [5, 5.41) is 0.466. The third-order valence-corrected chi connectivity index (χ3v) is 2.57. The Morgan fingerprint density at radius 1 is 1.62 bits per heavy atom. The predicted molar refractivity (Wildman–Crippen MR) is 60.1 cm³/mol. The second-order valence-electron chi connectivity index (χ2n) is 2.38. The van der Waals surface area contributed by atoms with E-state index in [0.717, 1.165) is 3.57 Å². The van der Waals surface area contributed by atoms with Gasteiger partial charge in [0.05, 0.1) is 8.59 Å². The van der Waals surface area contributed by atoms with E-state index in [4.69, 9.17) is 16.3 Å². The van der Waals surface area contributed by atoms with Crippen molar-refractivity contribution in [2.24, 2.45) is 0 Å². The maximum absolute atomic E-state index is 11.0. The lowest BCUT2D eigenvalue weighted by molar-refractivity contribution is -0.134. The standard InChI is InChI=1S/C9H8ClIO2/c1-2-8(12)13-9-6(10)4-3-5-7(9)11/h3-5H,2H2,1H3. The number of hydrogen-bond acceptors (Lipinski definition) is 2. The zero-order valence-corrected chi connectivity index (χ0v) is 9.93. The number of esters is 1.